The number of aromatic nitrogens is 2. The lowest BCUT2D eigenvalue weighted by atomic mass is 9.63. The van der Waals surface area contributed by atoms with E-state index >= 15 is 0 Å². The van der Waals surface area contributed by atoms with E-state index in [2.05, 4.69) is 34.5 Å². The van der Waals surface area contributed by atoms with Gasteiger partial charge in [-0.05, 0) is 73.8 Å². The Hall–Kier alpha value is -2.50. The number of nitrogens with two attached hydrogens (primary N) is 1. The molecule has 0 aliphatic heterocycles. The van der Waals surface area contributed by atoms with Crippen LogP contribution in [0.25, 0.3) is 0 Å². The van der Waals surface area contributed by atoms with Gasteiger partial charge < -0.3 is 10.6 Å². The Balaban J connectivity index is 1.53. The average Bonchev–Trinajstić information content (AvgIpc) is 2.83. The summed E-state index contributed by atoms with van der Waals surface area (Å²) in [5.74, 6) is 0.292. The lowest BCUT2D eigenvalue weighted by molar-refractivity contribution is 0.0424. The predicted octanol–water partition coefficient (Wildman–Crippen LogP) is 4.71. The summed E-state index contributed by atoms with van der Waals surface area (Å²) < 4.78 is 0. The molecule has 4 rings (SSSR count). The van der Waals surface area contributed by atoms with Crippen molar-refractivity contribution in [2.24, 2.45) is 17.1 Å². The molecule has 0 saturated heterocycles. The van der Waals surface area contributed by atoms with E-state index in [1.54, 1.807) is 18.3 Å². The number of hydrogen-bond donors (Lipinski definition) is 1. The van der Waals surface area contributed by atoms with E-state index in [1.807, 2.05) is 29.2 Å². The number of nitrogens with zero attached hydrogens (tertiary/aromatic N) is 3. The quantitative estimate of drug-likeness (QED) is 0.712. The number of rotatable bonds is 6. The number of benzene rings is 1. The van der Waals surface area contributed by atoms with E-state index in [-0.39, 0.29) is 17.4 Å². The van der Waals surface area contributed by atoms with Gasteiger partial charge in [-0.1, -0.05) is 54.1 Å². The molecule has 2 aromatic rings. The largest absolute Gasteiger partial charge is 0.330 e. The van der Waals surface area contributed by atoms with Crippen LogP contribution in [0.3, 0.4) is 0 Å². The molecule has 0 spiro atoms. The number of carbonyl (C=O) groups excluding carboxylic acids is 1. The van der Waals surface area contributed by atoms with Gasteiger partial charge in [0.05, 0.1) is 0 Å². The van der Waals surface area contributed by atoms with Crippen LogP contribution < -0.4 is 5.73 Å². The summed E-state index contributed by atoms with van der Waals surface area (Å²) in [4.78, 5) is 15.4. The van der Waals surface area contributed by atoms with Crippen molar-refractivity contribution < 1.29 is 4.79 Å². The minimum absolute atomic E-state index is 0.0371. The second-order valence-electron chi connectivity index (χ2n) is 8.63. The minimum atomic E-state index is -0.0641. The molecule has 0 bridgehead atoms. The molecule has 2 aliphatic rings. The summed E-state index contributed by atoms with van der Waals surface area (Å²) >= 11 is 6.33. The first-order valence-electron chi connectivity index (χ1n) is 11.0. The van der Waals surface area contributed by atoms with E-state index in [0.29, 0.717) is 24.7 Å². The Morgan fingerprint density at radius 3 is 2.58 bits per heavy atom. The highest BCUT2D eigenvalue weighted by Crippen LogP contribution is 2.47. The van der Waals surface area contributed by atoms with E-state index < -0.39 is 0 Å². The van der Waals surface area contributed by atoms with Crippen molar-refractivity contribution in [3.8, 4) is 0 Å². The Morgan fingerprint density at radius 1 is 1.16 bits per heavy atom. The van der Waals surface area contributed by atoms with Gasteiger partial charge in [0.2, 0.25) is 0 Å². The Kier molecular flexibility index (Phi) is 6.83. The van der Waals surface area contributed by atoms with Crippen molar-refractivity contribution in [2.45, 2.75) is 44.7 Å². The number of carbonyl (C=O) groups is 1. The van der Waals surface area contributed by atoms with Crippen LogP contribution in [0.4, 0.5) is 0 Å². The molecule has 0 radical (unpaired) electrons. The summed E-state index contributed by atoms with van der Waals surface area (Å²) in [6.07, 6.45) is 12.5. The van der Waals surface area contributed by atoms with Crippen molar-refractivity contribution in [1.29, 1.82) is 0 Å². The number of hydrogen-bond acceptors (Lipinski definition) is 4. The summed E-state index contributed by atoms with van der Waals surface area (Å²) in [5.41, 5.74) is 7.86. The van der Waals surface area contributed by atoms with Crippen molar-refractivity contribution in [1.82, 2.24) is 15.1 Å². The summed E-state index contributed by atoms with van der Waals surface area (Å²) in [7, 11) is 0. The number of amides is 1. The fourth-order valence-corrected chi connectivity index (χ4v) is 5.22. The van der Waals surface area contributed by atoms with Crippen molar-refractivity contribution >= 4 is 17.5 Å². The van der Waals surface area contributed by atoms with Crippen LogP contribution in [0, 0.1) is 11.3 Å². The van der Waals surface area contributed by atoms with Gasteiger partial charge in [-0.2, -0.15) is 5.10 Å². The van der Waals surface area contributed by atoms with Crippen molar-refractivity contribution in [2.75, 3.05) is 6.54 Å². The predicted molar refractivity (Wildman–Crippen MR) is 123 cm³/mol. The van der Waals surface area contributed by atoms with Crippen LogP contribution in [0.2, 0.25) is 0 Å². The van der Waals surface area contributed by atoms with Crippen LogP contribution >= 0.6 is 11.6 Å². The third-order valence-electron chi connectivity index (χ3n) is 6.87. The molecule has 2 N–H and O–H groups in total. The van der Waals surface area contributed by atoms with Gasteiger partial charge in [0, 0.05) is 23.8 Å². The first kappa shape index (κ1) is 21.7. The Bertz CT molecular complexity index is 937. The van der Waals surface area contributed by atoms with E-state index in [0.717, 1.165) is 42.7 Å². The standard InChI is InChI=1S/C25H29ClN4O/c26-21-9-4-8-20(16-21)25(18-27)13-11-22(12-14-25)30(17-19-6-2-1-3-7-19)24(31)23-10-5-15-28-29-23/h1-10,15,20,22H,11-14,16-18,27H2. The molecule has 162 valence electrons. The zero-order chi connectivity index (χ0) is 21.7. The van der Waals surface area contributed by atoms with E-state index in [4.69, 9.17) is 17.3 Å². The van der Waals surface area contributed by atoms with Crippen LogP contribution in [-0.2, 0) is 6.54 Å². The fourth-order valence-electron chi connectivity index (χ4n) is 4.99. The number of allylic oxidation sites excluding steroid dienone is 4. The van der Waals surface area contributed by atoms with Crippen LogP contribution in [-0.4, -0.2) is 33.6 Å². The van der Waals surface area contributed by atoms with Gasteiger partial charge in [-0.3, -0.25) is 4.79 Å². The molecule has 1 heterocycles. The zero-order valence-corrected chi connectivity index (χ0v) is 18.4. The first-order valence-corrected chi connectivity index (χ1v) is 11.3. The molecule has 1 amide bonds. The molecule has 31 heavy (non-hydrogen) atoms. The second kappa shape index (κ2) is 9.75. The van der Waals surface area contributed by atoms with Gasteiger partial charge in [-0.15, -0.1) is 5.10 Å². The Morgan fingerprint density at radius 2 is 1.94 bits per heavy atom. The molecular formula is C25H29ClN4O. The summed E-state index contributed by atoms with van der Waals surface area (Å²) in [5, 5.41) is 8.87. The van der Waals surface area contributed by atoms with Crippen molar-refractivity contribution in [3.63, 3.8) is 0 Å². The van der Waals surface area contributed by atoms with Gasteiger partial charge in [0.25, 0.3) is 5.91 Å². The average molecular weight is 437 g/mol. The maximum Gasteiger partial charge on any atom is 0.274 e. The first-order chi connectivity index (χ1) is 15.1. The molecule has 1 atom stereocenters. The molecule has 1 saturated carbocycles. The lowest BCUT2D eigenvalue weighted by Crippen LogP contribution is -2.48. The summed E-state index contributed by atoms with van der Waals surface area (Å²) in [6, 6.07) is 13.8. The highest BCUT2D eigenvalue weighted by molar-refractivity contribution is 6.29. The van der Waals surface area contributed by atoms with E-state index in [9.17, 15) is 4.79 Å². The molecule has 6 heteroatoms. The SMILES string of the molecule is NCC1(C2C=CC=C(Cl)C2)CCC(N(Cc2ccccc2)C(=O)c2cccnn2)CC1. The highest BCUT2D eigenvalue weighted by Gasteiger charge is 2.42. The smallest absolute Gasteiger partial charge is 0.274 e. The minimum Gasteiger partial charge on any atom is -0.330 e. The van der Waals surface area contributed by atoms with Gasteiger partial charge >= 0.3 is 0 Å². The summed E-state index contributed by atoms with van der Waals surface area (Å²) in [6.45, 7) is 1.20. The highest BCUT2D eigenvalue weighted by atomic mass is 35.5. The molecule has 1 aromatic carbocycles. The van der Waals surface area contributed by atoms with Crippen LogP contribution in [0.15, 0.2) is 71.9 Å². The zero-order valence-electron chi connectivity index (χ0n) is 17.7. The molecule has 1 aromatic heterocycles. The normalized spacial score (nSPS) is 25.7. The van der Waals surface area contributed by atoms with E-state index in [1.165, 1.54) is 0 Å². The Labute approximate surface area is 189 Å². The monoisotopic (exact) mass is 436 g/mol. The van der Waals surface area contributed by atoms with Crippen molar-refractivity contribution in [3.05, 3.63) is 83.2 Å². The van der Waals surface area contributed by atoms with Gasteiger partial charge in [0.1, 0.15) is 0 Å². The molecule has 5 nitrogen and oxygen atoms in total. The van der Waals surface area contributed by atoms with Gasteiger partial charge in [0.15, 0.2) is 5.69 Å². The maximum absolute atomic E-state index is 13.4. The van der Waals surface area contributed by atoms with Crippen LogP contribution in [0.1, 0.15) is 48.2 Å². The van der Waals surface area contributed by atoms with Gasteiger partial charge in [-0.25, -0.2) is 0 Å². The second-order valence-corrected chi connectivity index (χ2v) is 9.12. The third-order valence-corrected chi connectivity index (χ3v) is 7.15. The molecule has 1 unspecified atom stereocenters. The molecule has 2 aliphatic carbocycles. The third kappa shape index (κ3) is 4.89. The maximum atomic E-state index is 13.4. The number of halogens is 1. The van der Waals surface area contributed by atoms with Crippen LogP contribution in [0.5, 0.6) is 0 Å². The fraction of sp³-hybridized carbons (Fsp3) is 0.400. The lowest BCUT2D eigenvalue weighted by Gasteiger charge is -2.47. The molecule has 1 fully saturated rings. The topological polar surface area (TPSA) is 72.1 Å². The molecular weight excluding hydrogens is 408 g/mol.